The minimum atomic E-state index is 0.591. The van der Waals surface area contributed by atoms with Crippen LogP contribution in [0, 0.1) is 11.8 Å². The fraction of sp³-hybridized carbons (Fsp3) is 0.667. The standard InChI is InChI=1S/C21H36N4O2/c1-6-22-21(23-9-10-25-14-16(2)11-17(3)15-25)24-13-18-7-8-19(26-4)20(12-18)27-5/h7-8,12,16-17H,6,9-11,13-15H2,1-5H3,(H2,22,23,24). The number of rotatable bonds is 8. The van der Waals surface area contributed by atoms with Crippen LogP contribution in [-0.2, 0) is 6.54 Å². The molecule has 1 saturated heterocycles. The Morgan fingerprint density at radius 1 is 1.11 bits per heavy atom. The number of guanidine groups is 1. The van der Waals surface area contributed by atoms with Crippen LogP contribution in [0.3, 0.4) is 0 Å². The van der Waals surface area contributed by atoms with Crippen molar-refractivity contribution in [2.75, 3.05) is 46.9 Å². The first-order valence-corrected chi connectivity index (χ1v) is 10.0. The molecule has 2 rings (SSSR count). The van der Waals surface area contributed by atoms with Crippen molar-refractivity contribution in [1.82, 2.24) is 15.5 Å². The number of likely N-dealkylation sites (tertiary alicyclic amines) is 1. The van der Waals surface area contributed by atoms with E-state index in [0.717, 1.165) is 54.5 Å². The van der Waals surface area contributed by atoms with E-state index in [2.05, 4.69) is 36.3 Å². The molecule has 1 aliphatic rings. The number of nitrogens with one attached hydrogen (secondary N) is 2. The Hall–Kier alpha value is -1.95. The molecule has 152 valence electrons. The molecule has 0 saturated carbocycles. The summed E-state index contributed by atoms with van der Waals surface area (Å²) < 4.78 is 10.7. The third-order valence-electron chi connectivity index (χ3n) is 4.88. The van der Waals surface area contributed by atoms with Crippen molar-refractivity contribution in [2.24, 2.45) is 16.8 Å². The molecule has 1 aromatic rings. The lowest BCUT2D eigenvalue weighted by molar-refractivity contribution is 0.143. The molecular weight excluding hydrogens is 340 g/mol. The molecule has 1 heterocycles. The van der Waals surface area contributed by atoms with Crippen LogP contribution in [0.5, 0.6) is 11.5 Å². The summed E-state index contributed by atoms with van der Waals surface area (Å²) in [6.07, 6.45) is 1.35. The van der Waals surface area contributed by atoms with E-state index in [-0.39, 0.29) is 0 Å². The highest BCUT2D eigenvalue weighted by Gasteiger charge is 2.21. The number of piperidine rings is 1. The third-order valence-corrected chi connectivity index (χ3v) is 4.88. The normalized spacial score (nSPS) is 21.0. The SMILES string of the molecule is CCNC(=NCc1ccc(OC)c(OC)c1)NCCN1CC(C)CC(C)C1. The Bertz CT molecular complexity index is 596. The number of benzene rings is 1. The van der Waals surface area contributed by atoms with E-state index in [1.54, 1.807) is 14.2 Å². The van der Waals surface area contributed by atoms with Crippen molar-refractivity contribution in [2.45, 2.75) is 33.7 Å². The number of hydrogen-bond acceptors (Lipinski definition) is 4. The van der Waals surface area contributed by atoms with Gasteiger partial charge in [0, 0.05) is 32.7 Å². The second-order valence-corrected chi connectivity index (χ2v) is 7.52. The van der Waals surface area contributed by atoms with Gasteiger partial charge in [-0.3, -0.25) is 0 Å². The van der Waals surface area contributed by atoms with Gasteiger partial charge < -0.3 is 25.0 Å². The molecule has 2 atom stereocenters. The number of methoxy groups -OCH3 is 2. The summed E-state index contributed by atoms with van der Waals surface area (Å²) in [6, 6.07) is 5.91. The molecule has 2 N–H and O–H groups in total. The van der Waals surface area contributed by atoms with Gasteiger partial charge in [0.1, 0.15) is 0 Å². The van der Waals surface area contributed by atoms with E-state index in [9.17, 15) is 0 Å². The van der Waals surface area contributed by atoms with Crippen LogP contribution in [0.1, 0.15) is 32.8 Å². The molecule has 1 aromatic carbocycles. The molecule has 1 fully saturated rings. The first kappa shape index (κ1) is 21.4. The van der Waals surface area contributed by atoms with Crippen molar-refractivity contribution >= 4 is 5.96 Å². The van der Waals surface area contributed by atoms with Gasteiger partial charge in [-0.2, -0.15) is 0 Å². The summed E-state index contributed by atoms with van der Waals surface area (Å²) in [5.41, 5.74) is 1.09. The maximum Gasteiger partial charge on any atom is 0.191 e. The highest BCUT2D eigenvalue weighted by molar-refractivity contribution is 5.79. The maximum atomic E-state index is 5.37. The summed E-state index contributed by atoms with van der Waals surface area (Å²) in [5, 5.41) is 6.78. The Labute approximate surface area is 164 Å². The number of nitrogens with zero attached hydrogens (tertiary/aromatic N) is 2. The molecule has 1 aliphatic heterocycles. The van der Waals surface area contributed by atoms with Crippen molar-refractivity contribution in [1.29, 1.82) is 0 Å². The molecule has 0 amide bonds. The summed E-state index contributed by atoms with van der Waals surface area (Å²) in [5.74, 6) is 3.91. The Kier molecular flexibility index (Phi) is 8.72. The average Bonchev–Trinajstić information content (AvgIpc) is 2.65. The summed E-state index contributed by atoms with van der Waals surface area (Å²) in [4.78, 5) is 7.27. The van der Waals surface area contributed by atoms with Gasteiger partial charge in [0.15, 0.2) is 17.5 Å². The molecule has 0 spiro atoms. The fourth-order valence-electron chi connectivity index (χ4n) is 3.80. The van der Waals surface area contributed by atoms with Crippen molar-refractivity contribution in [3.8, 4) is 11.5 Å². The quantitative estimate of drug-likeness (QED) is 0.540. The maximum absolute atomic E-state index is 5.37. The van der Waals surface area contributed by atoms with Crippen molar-refractivity contribution in [3.63, 3.8) is 0 Å². The number of aliphatic imine (C=N–C) groups is 1. The minimum Gasteiger partial charge on any atom is -0.493 e. The minimum absolute atomic E-state index is 0.591. The van der Waals surface area contributed by atoms with E-state index in [4.69, 9.17) is 14.5 Å². The summed E-state index contributed by atoms with van der Waals surface area (Å²) in [6.45, 7) is 12.6. The van der Waals surface area contributed by atoms with Crippen LogP contribution in [0.15, 0.2) is 23.2 Å². The predicted octanol–water partition coefficient (Wildman–Crippen LogP) is 2.74. The van der Waals surface area contributed by atoms with Crippen LogP contribution in [-0.4, -0.2) is 57.8 Å². The smallest absolute Gasteiger partial charge is 0.191 e. The van der Waals surface area contributed by atoms with Crippen LogP contribution >= 0.6 is 0 Å². The predicted molar refractivity (Wildman–Crippen MR) is 112 cm³/mol. The lowest BCUT2D eigenvalue weighted by Gasteiger charge is -2.35. The van der Waals surface area contributed by atoms with Gasteiger partial charge in [-0.05, 0) is 42.9 Å². The van der Waals surface area contributed by atoms with Gasteiger partial charge in [-0.25, -0.2) is 4.99 Å². The molecule has 0 aliphatic carbocycles. The Morgan fingerprint density at radius 3 is 2.44 bits per heavy atom. The average molecular weight is 377 g/mol. The van der Waals surface area contributed by atoms with E-state index in [0.29, 0.717) is 6.54 Å². The fourth-order valence-corrected chi connectivity index (χ4v) is 3.80. The van der Waals surface area contributed by atoms with E-state index in [1.807, 2.05) is 18.2 Å². The van der Waals surface area contributed by atoms with Crippen molar-refractivity contribution in [3.05, 3.63) is 23.8 Å². The van der Waals surface area contributed by atoms with Crippen molar-refractivity contribution < 1.29 is 9.47 Å². The van der Waals surface area contributed by atoms with Gasteiger partial charge in [0.2, 0.25) is 0 Å². The monoisotopic (exact) mass is 376 g/mol. The lowest BCUT2D eigenvalue weighted by Crippen LogP contribution is -2.45. The van der Waals surface area contributed by atoms with Crippen LogP contribution < -0.4 is 20.1 Å². The largest absolute Gasteiger partial charge is 0.493 e. The topological polar surface area (TPSA) is 58.1 Å². The molecule has 6 heteroatoms. The number of hydrogen-bond donors (Lipinski definition) is 2. The summed E-state index contributed by atoms with van der Waals surface area (Å²) >= 11 is 0. The van der Waals surface area contributed by atoms with Gasteiger partial charge in [-0.1, -0.05) is 19.9 Å². The van der Waals surface area contributed by atoms with Crippen LogP contribution in [0.2, 0.25) is 0 Å². The van der Waals surface area contributed by atoms with Gasteiger partial charge in [-0.15, -0.1) is 0 Å². The zero-order valence-electron chi connectivity index (χ0n) is 17.5. The highest BCUT2D eigenvalue weighted by atomic mass is 16.5. The second-order valence-electron chi connectivity index (χ2n) is 7.52. The summed E-state index contributed by atoms with van der Waals surface area (Å²) in [7, 11) is 3.30. The molecule has 0 aromatic heterocycles. The van der Waals surface area contributed by atoms with Gasteiger partial charge in [0.05, 0.1) is 20.8 Å². The Morgan fingerprint density at radius 2 is 1.81 bits per heavy atom. The molecule has 0 radical (unpaired) electrons. The van der Waals surface area contributed by atoms with E-state index >= 15 is 0 Å². The van der Waals surface area contributed by atoms with E-state index in [1.165, 1.54) is 19.5 Å². The second kappa shape index (κ2) is 11.0. The lowest BCUT2D eigenvalue weighted by atomic mass is 9.92. The first-order chi connectivity index (χ1) is 13.0. The molecular formula is C21H36N4O2. The third kappa shape index (κ3) is 6.94. The molecule has 27 heavy (non-hydrogen) atoms. The molecule has 2 unspecified atom stereocenters. The van der Waals surface area contributed by atoms with E-state index < -0.39 is 0 Å². The van der Waals surface area contributed by atoms with Crippen LogP contribution in [0.4, 0.5) is 0 Å². The first-order valence-electron chi connectivity index (χ1n) is 10.0. The Balaban J connectivity index is 1.88. The highest BCUT2D eigenvalue weighted by Crippen LogP contribution is 2.27. The van der Waals surface area contributed by atoms with Crippen LogP contribution in [0.25, 0.3) is 0 Å². The molecule has 0 bridgehead atoms. The van der Waals surface area contributed by atoms with Gasteiger partial charge in [0.25, 0.3) is 0 Å². The zero-order chi connectivity index (χ0) is 19.6. The zero-order valence-corrected chi connectivity index (χ0v) is 17.5. The van der Waals surface area contributed by atoms with Gasteiger partial charge >= 0.3 is 0 Å². The molecule has 6 nitrogen and oxygen atoms in total. The number of ether oxygens (including phenoxy) is 2.